The highest BCUT2D eigenvalue weighted by Gasteiger charge is 2.11. The molecular formula is C13H22N4. The fourth-order valence-electron chi connectivity index (χ4n) is 2.30. The van der Waals surface area contributed by atoms with Crippen LogP contribution in [-0.2, 0) is 6.54 Å². The molecule has 0 bridgehead atoms. The Morgan fingerprint density at radius 2 is 2.24 bits per heavy atom. The van der Waals surface area contributed by atoms with E-state index in [1.807, 2.05) is 13.0 Å². The molecule has 0 aromatic carbocycles. The molecule has 1 aromatic heterocycles. The van der Waals surface area contributed by atoms with Gasteiger partial charge in [0.25, 0.3) is 0 Å². The summed E-state index contributed by atoms with van der Waals surface area (Å²) in [5.74, 6) is 0.960. The zero-order valence-corrected chi connectivity index (χ0v) is 10.7. The number of hydrogen-bond acceptors (Lipinski definition) is 3. The lowest BCUT2D eigenvalue weighted by molar-refractivity contribution is 0.352. The molecule has 1 aliphatic rings. The Bertz CT molecular complexity index is 363. The van der Waals surface area contributed by atoms with Crippen LogP contribution in [0.25, 0.3) is 0 Å². The Hall–Kier alpha value is -1.29. The summed E-state index contributed by atoms with van der Waals surface area (Å²) in [5, 5.41) is 3.41. The first kappa shape index (κ1) is 12.2. The van der Waals surface area contributed by atoms with Crippen LogP contribution in [-0.4, -0.2) is 40.6 Å². The maximum Gasteiger partial charge on any atom is 0.203 e. The van der Waals surface area contributed by atoms with E-state index in [1.54, 1.807) is 0 Å². The molecular weight excluding hydrogens is 212 g/mol. The van der Waals surface area contributed by atoms with Gasteiger partial charge in [-0.1, -0.05) is 6.08 Å². The molecule has 1 fully saturated rings. The van der Waals surface area contributed by atoms with E-state index in [0.717, 1.165) is 31.3 Å². The SMILES string of the molecule is C=CCn1cc(C)nc1NCCN1CCCC1. The van der Waals surface area contributed by atoms with Crippen LogP contribution in [0, 0.1) is 6.92 Å². The van der Waals surface area contributed by atoms with Crippen molar-refractivity contribution in [1.82, 2.24) is 14.5 Å². The average Bonchev–Trinajstić information content (AvgIpc) is 2.90. The van der Waals surface area contributed by atoms with Gasteiger partial charge in [-0.15, -0.1) is 6.58 Å². The van der Waals surface area contributed by atoms with Crippen molar-refractivity contribution < 1.29 is 0 Å². The summed E-state index contributed by atoms with van der Waals surface area (Å²) in [4.78, 5) is 6.98. The molecule has 1 aliphatic heterocycles. The predicted molar refractivity (Wildman–Crippen MR) is 71.3 cm³/mol. The summed E-state index contributed by atoms with van der Waals surface area (Å²) in [7, 11) is 0. The van der Waals surface area contributed by atoms with Crippen LogP contribution in [0.1, 0.15) is 18.5 Å². The number of rotatable bonds is 6. The van der Waals surface area contributed by atoms with E-state index in [0.29, 0.717) is 0 Å². The normalized spacial score (nSPS) is 16.3. The van der Waals surface area contributed by atoms with Crippen LogP contribution in [0.3, 0.4) is 0 Å². The van der Waals surface area contributed by atoms with Gasteiger partial charge < -0.3 is 14.8 Å². The van der Waals surface area contributed by atoms with Crippen LogP contribution in [0.2, 0.25) is 0 Å². The highest BCUT2D eigenvalue weighted by atomic mass is 15.2. The molecule has 0 radical (unpaired) electrons. The highest BCUT2D eigenvalue weighted by Crippen LogP contribution is 2.09. The highest BCUT2D eigenvalue weighted by molar-refractivity contribution is 5.29. The largest absolute Gasteiger partial charge is 0.354 e. The Kier molecular flexibility index (Phi) is 4.20. The summed E-state index contributed by atoms with van der Waals surface area (Å²) in [5.41, 5.74) is 1.05. The summed E-state index contributed by atoms with van der Waals surface area (Å²) >= 11 is 0. The van der Waals surface area contributed by atoms with E-state index in [-0.39, 0.29) is 0 Å². The minimum absolute atomic E-state index is 0.812. The van der Waals surface area contributed by atoms with Gasteiger partial charge in [-0.3, -0.25) is 0 Å². The fourth-order valence-corrected chi connectivity index (χ4v) is 2.30. The summed E-state index contributed by atoms with van der Waals surface area (Å²) in [6.45, 7) is 11.2. The molecule has 17 heavy (non-hydrogen) atoms. The molecule has 1 saturated heterocycles. The monoisotopic (exact) mass is 234 g/mol. The van der Waals surface area contributed by atoms with Crippen LogP contribution in [0.4, 0.5) is 5.95 Å². The van der Waals surface area contributed by atoms with E-state index in [2.05, 4.69) is 32.5 Å². The molecule has 0 unspecified atom stereocenters. The molecule has 1 N–H and O–H groups in total. The van der Waals surface area contributed by atoms with Gasteiger partial charge in [0.15, 0.2) is 0 Å². The third kappa shape index (κ3) is 3.33. The van der Waals surface area contributed by atoms with Crippen LogP contribution < -0.4 is 5.32 Å². The molecule has 0 spiro atoms. The molecule has 4 heteroatoms. The standard InChI is InChI=1S/C13H22N4/c1-3-7-17-11-12(2)15-13(17)14-6-10-16-8-4-5-9-16/h3,11H,1,4-10H2,2H3,(H,14,15). The van der Waals surface area contributed by atoms with Gasteiger partial charge in [0.05, 0.1) is 5.69 Å². The molecule has 0 saturated carbocycles. The van der Waals surface area contributed by atoms with Gasteiger partial charge in [0, 0.05) is 25.8 Å². The second kappa shape index (κ2) is 5.87. The van der Waals surface area contributed by atoms with Crippen molar-refractivity contribution in [1.29, 1.82) is 0 Å². The second-order valence-electron chi connectivity index (χ2n) is 4.62. The first-order chi connectivity index (χ1) is 8.29. The molecule has 0 aliphatic carbocycles. The minimum Gasteiger partial charge on any atom is -0.354 e. The van der Waals surface area contributed by atoms with Gasteiger partial charge in [0.2, 0.25) is 5.95 Å². The van der Waals surface area contributed by atoms with Crippen molar-refractivity contribution >= 4 is 5.95 Å². The van der Waals surface area contributed by atoms with Crippen LogP contribution in [0.5, 0.6) is 0 Å². The topological polar surface area (TPSA) is 33.1 Å². The van der Waals surface area contributed by atoms with Crippen molar-refractivity contribution in [2.75, 3.05) is 31.5 Å². The first-order valence-corrected chi connectivity index (χ1v) is 6.40. The fraction of sp³-hybridized carbons (Fsp3) is 0.615. The Balaban J connectivity index is 1.82. The number of aryl methyl sites for hydroxylation is 1. The maximum absolute atomic E-state index is 4.48. The Morgan fingerprint density at radius 3 is 2.94 bits per heavy atom. The van der Waals surface area contributed by atoms with E-state index in [1.165, 1.54) is 25.9 Å². The molecule has 0 amide bonds. The average molecular weight is 234 g/mol. The van der Waals surface area contributed by atoms with Crippen molar-refractivity contribution in [2.45, 2.75) is 26.3 Å². The molecule has 2 heterocycles. The number of hydrogen-bond donors (Lipinski definition) is 1. The molecule has 1 aromatic rings. The molecule has 94 valence electrons. The van der Waals surface area contributed by atoms with Crippen molar-refractivity contribution in [3.63, 3.8) is 0 Å². The quantitative estimate of drug-likeness (QED) is 0.763. The van der Waals surface area contributed by atoms with Gasteiger partial charge in [0.1, 0.15) is 0 Å². The molecule has 0 atom stereocenters. The summed E-state index contributed by atoms with van der Waals surface area (Å²) < 4.78 is 2.10. The number of anilines is 1. The van der Waals surface area contributed by atoms with Crippen molar-refractivity contribution in [3.05, 3.63) is 24.5 Å². The van der Waals surface area contributed by atoms with Crippen molar-refractivity contribution in [2.24, 2.45) is 0 Å². The molecule has 4 nitrogen and oxygen atoms in total. The van der Waals surface area contributed by atoms with Gasteiger partial charge in [-0.2, -0.15) is 0 Å². The van der Waals surface area contributed by atoms with E-state index < -0.39 is 0 Å². The summed E-state index contributed by atoms with van der Waals surface area (Å²) in [6, 6.07) is 0. The second-order valence-corrected chi connectivity index (χ2v) is 4.62. The van der Waals surface area contributed by atoms with Gasteiger partial charge >= 0.3 is 0 Å². The van der Waals surface area contributed by atoms with Crippen molar-refractivity contribution in [3.8, 4) is 0 Å². The number of nitrogens with zero attached hydrogens (tertiary/aromatic N) is 3. The zero-order valence-electron chi connectivity index (χ0n) is 10.7. The maximum atomic E-state index is 4.48. The number of nitrogens with one attached hydrogen (secondary N) is 1. The zero-order chi connectivity index (χ0) is 12.1. The minimum atomic E-state index is 0.812. The number of imidazole rings is 1. The van der Waals surface area contributed by atoms with Crippen LogP contribution in [0.15, 0.2) is 18.9 Å². The van der Waals surface area contributed by atoms with E-state index in [9.17, 15) is 0 Å². The lowest BCUT2D eigenvalue weighted by Gasteiger charge is -2.15. The number of allylic oxidation sites excluding steroid dienone is 1. The third-order valence-electron chi connectivity index (χ3n) is 3.13. The Labute approximate surface area is 103 Å². The van der Waals surface area contributed by atoms with E-state index in [4.69, 9.17) is 0 Å². The lowest BCUT2D eigenvalue weighted by Crippen LogP contribution is -2.26. The Morgan fingerprint density at radius 1 is 1.47 bits per heavy atom. The summed E-state index contributed by atoms with van der Waals surface area (Å²) in [6.07, 6.45) is 6.65. The molecule has 2 rings (SSSR count). The number of aromatic nitrogens is 2. The van der Waals surface area contributed by atoms with Gasteiger partial charge in [-0.05, 0) is 32.9 Å². The smallest absolute Gasteiger partial charge is 0.203 e. The van der Waals surface area contributed by atoms with E-state index >= 15 is 0 Å². The third-order valence-corrected chi connectivity index (χ3v) is 3.13. The van der Waals surface area contributed by atoms with Crippen LogP contribution >= 0.6 is 0 Å². The lowest BCUT2D eigenvalue weighted by atomic mass is 10.4. The van der Waals surface area contributed by atoms with Gasteiger partial charge in [-0.25, -0.2) is 4.98 Å². The number of likely N-dealkylation sites (tertiary alicyclic amines) is 1. The first-order valence-electron chi connectivity index (χ1n) is 6.40. The predicted octanol–water partition coefficient (Wildman–Crippen LogP) is 1.89.